The Balaban J connectivity index is 2.68. The molecule has 6 atom stereocenters. The molecule has 0 saturated carbocycles. The zero-order valence-corrected chi connectivity index (χ0v) is 9.68. The fourth-order valence-electron chi connectivity index (χ4n) is 1.48. The zero-order valence-electron chi connectivity index (χ0n) is 9.68. The van der Waals surface area contributed by atoms with Gasteiger partial charge >= 0.3 is 0 Å². The van der Waals surface area contributed by atoms with Gasteiger partial charge in [0.05, 0.1) is 6.61 Å². The van der Waals surface area contributed by atoms with Crippen molar-refractivity contribution >= 4 is 5.78 Å². The van der Waals surface area contributed by atoms with E-state index in [1.807, 2.05) is 0 Å². The van der Waals surface area contributed by atoms with Crippen LogP contribution in [0.4, 0.5) is 0 Å². The smallest absolute Gasteiger partial charge is 0.187 e. The molecule has 1 aliphatic rings. The molecule has 0 aliphatic carbocycles. The van der Waals surface area contributed by atoms with Crippen LogP contribution >= 0.6 is 0 Å². The average Bonchev–Trinajstić information content (AvgIpc) is 2.29. The third-order valence-electron chi connectivity index (χ3n) is 2.76. The van der Waals surface area contributed by atoms with Gasteiger partial charge in [0.25, 0.3) is 0 Å². The van der Waals surface area contributed by atoms with Crippen LogP contribution in [0.2, 0.25) is 0 Å². The lowest BCUT2D eigenvalue weighted by Gasteiger charge is -2.40. The van der Waals surface area contributed by atoms with E-state index >= 15 is 0 Å². The van der Waals surface area contributed by atoms with Crippen LogP contribution in [-0.2, 0) is 14.3 Å². The number of hydrogen-bond acceptors (Lipinski definition) is 7. The Bertz CT molecular complexity index is 267. The van der Waals surface area contributed by atoms with E-state index in [4.69, 9.17) is 14.6 Å². The molecule has 0 aromatic carbocycles. The summed E-state index contributed by atoms with van der Waals surface area (Å²) in [5, 5.41) is 37.5. The Morgan fingerprint density at radius 3 is 2.35 bits per heavy atom. The number of rotatable bonds is 4. The topological polar surface area (TPSA) is 116 Å². The molecule has 0 aromatic rings. The lowest BCUT2D eigenvalue weighted by molar-refractivity contribution is -0.307. The fraction of sp³-hybridized carbons (Fsp3) is 0.900. The fourth-order valence-corrected chi connectivity index (χ4v) is 1.48. The van der Waals surface area contributed by atoms with Crippen LogP contribution in [-0.4, -0.2) is 69.6 Å². The molecule has 0 bridgehead atoms. The van der Waals surface area contributed by atoms with Gasteiger partial charge in [-0.25, -0.2) is 0 Å². The molecule has 7 heteroatoms. The predicted octanol–water partition coefficient (Wildman–Crippen LogP) is -2.22. The summed E-state index contributed by atoms with van der Waals surface area (Å²) < 4.78 is 10.2. The second-order valence-corrected chi connectivity index (χ2v) is 4.09. The normalized spacial score (nSPS) is 40.0. The van der Waals surface area contributed by atoms with Crippen molar-refractivity contribution in [3.05, 3.63) is 0 Å². The third-order valence-corrected chi connectivity index (χ3v) is 2.76. The van der Waals surface area contributed by atoms with E-state index in [-0.39, 0.29) is 5.78 Å². The van der Waals surface area contributed by atoms with Crippen LogP contribution < -0.4 is 0 Å². The molecule has 1 unspecified atom stereocenters. The lowest BCUT2D eigenvalue weighted by Crippen LogP contribution is -2.59. The molecule has 1 fully saturated rings. The molecule has 0 spiro atoms. The minimum atomic E-state index is -1.50. The highest BCUT2D eigenvalue weighted by Crippen LogP contribution is 2.22. The quantitative estimate of drug-likeness (QED) is 0.446. The monoisotopic (exact) mass is 250 g/mol. The summed E-state index contributed by atoms with van der Waals surface area (Å²) in [6.07, 6.45) is -7.50. The molecule has 0 radical (unpaired) electrons. The lowest BCUT2D eigenvalue weighted by atomic mass is 9.99. The van der Waals surface area contributed by atoms with Crippen molar-refractivity contribution in [1.82, 2.24) is 0 Å². The summed E-state index contributed by atoms with van der Waals surface area (Å²) in [4.78, 5) is 11.0. The molecule has 1 heterocycles. The molecule has 1 saturated heterocycles. The van der Waals surface area contributed by atoms with Crippen LogP contribution in [0.15, 0.2) is 0 Å². The Hall–Kier alpha value is -0.570. The summed E-state index contributed by atoms with van der Waals surface area (Å²) in [7, 11) is 0. The molecular formula is C10H18O7. The summed E-state index contributed by atoms with van der Waals surface area (Å²) >= 11 is 0. The van der Waals surface area contributed by atoms with E-state index in [9.17, 15) is 20.1 Å². The highest BCUT2D eigenvalue weighted by atomic mass is 16.7. The first-order valence-corrected chi connectivity index (χ1v) is 5.35. The Morgan fingerprint density at radius 1 is 1.29 bits per heavy atom. The van der Waals surface area contributed by atoms with Crippen molar-refractivity contribution in [2.24, 2.45) is 0 Å². The summed E-state index contributed by atoms with van der Waals surface area (Å²) in [5.41, 5.74) is 0. The van der Waals surface area contributed by atoms with Crippen LogP contribution in [0.1, 0.15) is 13.8 Å². The van der Waals surface area contributed by atoms with Gasteiger partial charge in [0.2, 0.25) is 0 Å². The Kier molecular flexibility index (Phi) is 4.99. The number of carbonyl (C=O) groups excluding carboxylic acids is 1. The zero-order chi connectivity index (χ0) is 13.2. The van der Waals surface area contributed by atoms with Gasteiger partial charge < -0.3 is 29.9 Å². The maximum atomic E-state index is 11.0. The maximum absolute atomic E-state index is 11.0. The number of aliphatic hydroxyl groups is 4. The SMILES string of the molecule is CC(=O)C(C)O[C@@H]1O[C@H](CO)[C@@H](O)[C@H](O)[C@H]1O. The number of hydrogen-bond donors (Lipinski definition) is 4. The number of aliphatic hydroxyl groups excluding tert-OH is 4. The first-order valence-electron chi connectivity index (χ1n) is 5.35. The molecule has 1 aliphatic heterocycles. The average molecular weight is 250 g/mol. The van der Waals surface area contributed by atoms with Gasteiger partial charge in [-0.1, -0.05) is 0 Å². The van der Waals surface area contributed by atoms with Gasteiger partial charge in [0.15, 0.2) is 12.1 Å². The molecule has 17 heavy (non-hydrogen) atoms. The highest BCUT2D eigenvalue weighted by molar-refractivity contribution is 5.79. The van der Waals surface area contributed by atoms with Crippen LogP contribution in [0.5, 0.6) is 0 Å². The van der Waals surface area contributed by atoms with Crippen LogP contribution in [0.3, 0.4) is 0 Å². The summed E-state index contributed by atoms with van der Waals surface area (Å²) in [6.45, 7) is 2.26. The van der Waals surface area contributed by atoms with Crippen molar-refractivity contribution in [2.45, 2.75) is 50.7 Å². The van der Waals surface area contributed by atoms with Crippen molar-refractivity contribution in [3.63, 3.8) is 0 Å². The van der Waals surface area contributed by atoms with E-state index in [2.05, 4.69) is 0 Å². The van der Waals surface area contributed by atoms with Crippen molar-refractivity contribution in [3.8, 4) is 0 Å². The summed E-state index contributed by atoms with van der Waals surface area (Å²) in [6, 6.07) is 0. The third kappa shape index (κ3) is 3.21. The van der Waals surface area contributed by atoms with Crippen molar-refractivity contribution in [2.75, 3.05) is 6.61 Å². The second-order valence-electron chi connectivity index (χ2n) is 4.09. The van der Waals surface area contributed by atoms with Crippen LogP contribution in [0.25, 0.3) is 0 Å². The number of Topliss-reactive ketones (excluding diaryl/α,β-unsaturated/α-hetero) is 1. The van der Waals surface area contributed by atoms with Gasteiger partial charge in [0.1, 0.15) is 30.5 Å². The van der Waals surface area contributed by atoms with E-state index in [0.717, 1.165) is 0 Å². The van der Waals surface area contributed by atoms with Crippen molar-refractivity contribution in [1.29, 1.82) is 0 Å². The molecule has 4 N–H and O–H groups in total. The molecular weight excluding hydrogens is 232 g/mol. The standard InChI is InChI=1S/C10H18O7/c1-4(12)5(2)16-10-9(15)8(14)7(13)6(3-11)17-10/h5-11,13-15H,3H2,1-2H3/t5?,6-,7-,8+,9-,10-/m1/s1. The van der Waals surface area contributed by atoms with Gasteiger partial charge in [-0.15, -0.1) is 0 Å². The van der Waals surface area contributed by atoms with E-state index in [1.54, 1.807) is 0 Å². The molecule has 1 rings (SSSR count). The molecule has 0 amide bonds. The van der Waals surface area contributed by atoms with Gasteiger partial charge in [0, 0.05) is 0 Å². The highest BCUT2D eigenvalue weighted by Gasteiger charge is 2.44. The molecule has 0 aromatic heterocycles. The van der Waals surface area contributed by atoms with E-state index in [0.29, 0.717) is 0 Å². The minimum Gasteiger partial charge on any atom is -0.394 e. The van der Waals surface area contributed by atoms with E-state index in [1.165, 1.54) is 13.8 Å². The first-order chi connectivity index (χ1) is 7.88. The largest absolute Gasteiger partial charge is 0.394 e. The van der Waals surface area contributed by atoms with Gasteiger partial charge in [-0.2, -0.15) is 0 Å². The van der Waals surface area contributed by atoms with Gasteiger partial charge in [-0.05, 0) is 13.8 Å². The van der Waals surface area contributed by atoms with E-state index < -0.39 is 43.4 Å². The predicted molar refractivity (Wildman–Crippen MR) is 55.0 cm³/mol. The van der Waals surface area contributed by atoms with Gasteiger partial charge in [-0.3, -0.25) is 4.79 Å². The number of ketones is 1. The Labute approximate surface area is 98.6 Å². The number of carbonyl (C=O) groups is 1. The maximum Gasteiger partial charge on any atom is 0.187 e. The number of ether oxygens (including phenoxy) is 2. The Morgan fingerprint density at radius 2 is 1.88 bits per heavy atom. The molecule has 7 nitrogen and oxygen atoms in total. The van der Waals surface area contributed by atoms with Crippen molar-refractivity contribution < 1.29 is 34.7 Å². The summed E-state index contributed by atoms with van der Waals surface area (Å²) in [5.74, 6) is -0.262. The van der Waals surface area contributed by atoms with Crippen LogP contribution in [0, 0.1) is 0 Å². The second kappa shape index (κ2) is 5.85. The minimum absolute atomic E-state index is 0.262. The first kappa shape index (κ1) is 14.5. The molecule has 100 valence electrons.